The van der Waals surface area contributed by atoms with Crippen molar-refractivity contribution < 1.29 is 14.3 Å². The Morgan fingerprint density at radius 1 is 0.958 bits per heavy atom. The molecule has 0 fully saturated rings. The molecular weight excluding hydrogens is 302 g/mol. The van der Waals surface area contributed by atoms with Gasteiger partial charge in [0.05, 0.1) is 7.11 Å². The third kappa shape index (κ3) is 2.89. The summed E-state index contributed by atoms with van der Waals surface area (Å²) in [5, 5.41) is 11.0. The number of benzene rings is 2. The van der Waals surface area contributed by atoms with Crippen molar-refractivity contribution in [1.82, 2.24) is 4.98 Å². The van der Waals surface area contributed by atoms with Crippen molar-refractivity contribution in [2.45, 2.75) is 38.7 Å². The molecule has 0 bridgehead atoms. The molecule has 0 saturated heterocycles. The molecule has 0 aliphatic carbocycles. The number of nitrogens with zero attached hydrogens (tertiary/aromatic N) is 1. The van der Waals surface area contributed by atoms with Crippen molar-refractivity contribution in [3.63, 3.8) is 0 Å². The zero-order chi connectivity index (χ0) is 17.5. The van der Waals surface area contributed by atoms with E-state index in [1.807, 2.05) is 42.5 Å². The molecule has 0 amide bonds. The SMILES string of the molecule is COc1ccc([C@@](C)(O)c2nc3cc(C(C)(C)C)ccc3o2)cc1. The first kappa shape index (κ1) is 16.5. The van der Waals surface area contributed by atoms with Gasteiger partial charge in [0.2, 0.25) is 5.89 Å². The highest BCUT2D eigenvalue weighted by molar-refractivity contribution is 5.74. The van der Waals surface area contributed by atoms with Gasteiger partial charge >= 0.3 is 0 Å². The Morgan fingerprint density at radius 3 is 2.17 bits per heavy atom. The molecule has 3 aromatic rings. The lowest BCUT2D eigenvalue weighted by Gasteiger charge is -2.20. The molecule has 0 radical (unpaired) electrons. The van der Waals surface area contributed by atoms with E-state index in [9.17, 15) is 5.11 Å². The van der Waals surface area contributed by atoms with Gasteiger partial charge in [-0.3, -0.25) is 0 Å². The van der Waals surface area contributed by atoms with E-state index in [1.54, 1.807) is 14.0 Å². The van der Waals surface area contributed by atoms with Crippen molar-refractivity contribution in [3.8, 4) is 5.75 Å². The summed E-state index contributed by atoms with van der Waals surface area (Å²) in [5.41, 5.74) is 2.03. The molecule has 4 heteroatoms. The van der Waals surface area contributed by atoms with E-state index in [-0.39, 0.29) is 11.3 Å². The normalized spacial score (nSPS) is 14.6. The molecule has 0 spiro atoms. The molecule has 1 aromatic heterocycles. The summed E-state index contributed by atoms with van der Waals surface area (Å²) in [7, 11) is 1.61. The van der Waals surface area contributed by atoms with Gasteiger partial charge in [0, 0.05) is 0 Å². The second-order valence-corrected chi connectivity index (χ2v) is 7.25. The first-order valence-electron chi connectivity index (χ1n) is 8.00. The van der Waals surface area contributed by atoms with Crippen molar-refractivity contribution in [3.05, 3.63) is 59.5 Å². The molecule has 0 saturated carbocycles. The quantitative estimate of drug-likeness (QED) is 0.776. The van der Waals surface area contributed by atoms with Gasteiger partial charge in [-0.2, -0.15) is 0 Å². The van der Waals surface area contributed by atoms with E-state index >= 15 is 0 Å². The van der Waals surface area contributed by atoms with Gasteiger partial charge in [-0.05, 0) is 47.7 Å². The summed E-state index contributed by atoms with van der Waals surface area (Å²) >= 11 is 0. The maximum atomic E-state index is 11.0. The standard InChI is InChI=1S/C20H23NO3/c1-19(2,3)14-8-11-17-16(12-14)21-18(24-17)20(4,22)13-6-9-15(23-5)10-7-13/h6-12,22H,1-5H3/t20-/m1/s1. The highest BCUT2D eigenvalue weighted by Gasteiger charge is 2.32. The first-order chi connectivity index (χ1) is 11.2. The molecule has 2 aromatic carbocycles. The molecule has 0 unspecified atom stereocenters. The lowest BCUT2D eigenvalue weighted by atomic mass is 9.87. The van der Waals surface area contributed by atoms with Crippen molar-refractivity contribution in [2.75, 3.05) is 7.11 Å². The molecule has 3 rings (SSSR count). The number of hydrogen-bond donors (Lipinski definition) is 1. The number of aromatic nitrogens is 1. The topological polar surface area (TPSA) is 55.5 Å². The molecule has 0 aliphatic rings. The Labute approximate surface area is 142 Å². The number of ether oxygens (including phenoxy) is 1. The fourth-order valence-electron chi connectivity index (χ4n) is 2.64. The van der Waals surface area contributed by atoms with Crippen LogP contribution in [0.2, 0.25) is 0 Å². The van der Waals surface area contributed by atoms with E-state index in [1.165, 1.54) is 5.56 Å². The number of aliphatic hydroxyl groups is 1. The van der Waals surface area contributed by atoms with Gasteiger partial charge < -0.3 is 14.3 Å². The van der Waals surface area contributed by atoms with Crippen molar-refractivity contribution >= 4 is 11.1 Å². The smallest absolute Gasteiger partial charge is 0.231 e. The van der Waals surface area contributed by atoms with Crippen LogP contribution in [0.15, 0.2) is 46.9 Å². The molecule has 24 heavy (non-hydrogen) atoms. The van der Waals surface area contributed by atoms with E-state index in [2.05, 4.69) is 25.8 Å². The lowest BCUT2D eigenvalue weighted by Crippen LogP contribution is -2.23. The average Bonchev–Trinajstić information content (AvgIpc) is 2.98. The van der Waals surface area contributed by atoms with Crippen molar-refractivity contribution in [1.29, 1.82) is 0 Å². The summed E-state index contributed by atoms with van der Waals surface area (Å²) in [5.74, 6) is 1.02. The molecule has 1 N–H and O–H groups in total. The van der Waals surface area contributed by atoms with Crippen LogP contribution in [0.1, 0.15) is 44.7 Å². The number of rotatable bonds is 3. The summed E-state index contributed by atoms with van der Waals surface area (Å²) in [6, 6.07) is 13.2. The van der Waals surface area contributed by atoms with Crippen molar-refractivity contribution in [2.24, 2.45) is 0 Å². The first-order valence-corrected chi connectivity index (χ1v) is 8.00. The largest absolute Gasteiger partial charge is 0.497 e. The maximum absolute atomic E-state index is 11.0. The van der Waals surface area contributed by atoms with E-state index in [4.69, 9.17) is 9.15 Å². The number of hydrogen-bond acceptors (Lipinski definition) is 4. The Bertz CT molecular complexity index is 855. The average molecular weight is 325 g/mol. The molecule has 126 valence electrons. The van der Waals surface area contributed by atoms with Crippen LogP contribution in [0.3, 0.4) is 0 Å². The van der Waals surface area contributed by atoms with Crippen LogP contribution in [-0.2, 0) is 11.0 Å². The van der Waals surface area contributed by atoms with Crippen LogP contribution in [0.5, 0.6) is 5.75 Å². The van der Waals surface area contributed by atoms with Gasteiger partial charge in [-0.25, -0.2) is 4.98 Å². The monoisotopic (exact) mass is 325 g/mol. The molecule has 0 aliphatic heterocycles. The Kier molecular flexibility index (Phi) is 3.88. The van der Waals surface area contributed by atoms with Crippen LogP contribution in [-0.4, -0.2) is 17.2 Å². The second-order valence-electron chi connectivity index (χ2n) is 7.25. The molecule has 1 heterocycles. The minimum absolute atomic E-state index is 0.0335. The fraction of sp³-hybridized carbons (Fsp3) is 0.350. The summed E-state index contributed by atoms with van der Waals surface area (Å²) in [6.07, 6.45) is 0. The minimum Gasteiger partial charge on any atom is -0.497 e. The molecular formula is C20H23NO3. The number of methoxy groups -OCH3 is 1. The summed E-state index contributed by atoms with van der Waals surface area (Å²) in [4.78, 5) is 4.53. The Balaban J connectivity index is 2.03. The Morgan fingerprint density at radius 2 is 1.58 bits per heavy atom. The second kappa shape index (κ2) is 5.64. The van der Waals surface area contributed by atoms with Crippen LogP contribution >= 0.6 is 0 Å². The predicted octanol–water partition coefficient (Wildman–Crippen LogP) is 4.39. The number of oxazole rings is 1. The summed E-state index contributed by atoms with van der Waals surface area (Å²) in [6.45, 7) is 8.15. The summed E-state index contributed by atoms with van der Waals surface area (Å²) < 4.78 is 11.0. The van der Waals surface area contributed by atoms with Crippen LogP contribution in [0.25, 0.3) is 11.1 Å². The molecule has 4 nitrogen and oxygen atoms in total. The Hall–Kier alpha value is -2.33. The van der Waals surface area contributed by atoms with Crippen LogP contribution in [0, 0.1) is 0 Å². The predicted molar refractivity (Wildman–Crippen MR) is 94.4 cm³/mol. The van der Waals surface area contributed by atoms with Gasteiger partial charge in [0.15, 0.2) is 11.2 Å². The lowest BCUT2D eigenvalue weighted by molar-refractivity contribution is 0.0726. The van der Waals surface area contributed by atoms with Gasteiger partial charge in [0.25, 0.3) is 0 Å². The zero-order valence-electron chi connectivity index (χ0n) is 14.8. The van der Waals surface area contributed by atoms with E-state index in [0.29, 0.717) is 11.1 Å². The zero-order valence-corrected chi connectivity index (χ0v) is 14.8. The third-order valence-corrected chi connectivity index (χ3v) is 4.32. The fourth-order valence-corrected chi connectivity index (χ4v) is 2.64. The number of fused-ring (bicyclic) bond motifs is 1. The van der Waals surface area contributed by atoms with Gasteiger partial charge in [-0.1, -0.05) is 39.0 Å². The van der Waals surface area contributed by atoms with E-state index in [0.717, 1.165) is 11.3 Å². The highest BCUT2D eigenvalue weighted by atomic mass is 16.5. The van der Waals surface area contributed by atoms with E-state index < -0.39 is 5.60 Å². The van der Waals surface area contributed by atoms with Gasteiger partial charge in [0.1, 0.15) is 11.3 Å². The third-order valence-electron chi connectivity index (χ3n) is 4.32. The van der Waals surface area contributed by atoms with Crippen LogP contribution in [0.4, 0.5) is 0 Å². The maximum Gasteiger partial charge on any atom is 0.231 e. The molecule has 1 atom stereocenters. The minimum atomic E-state index is -1.31. The highest BCUT2D eigenvalue weighted by Crippen LogP contribution is 2.33. The van der Waals surface area contributed by atoms with Crippen LogP contribution < -0.4 is 4.74 Å². The van der Waals surface area contributed by atoms with Gasteiger partial charge in [-0.15, -0.1) is 0 Å².